The van der Waals surface area contributed by atoms with E-state index in [0.29, 0.717) is 29.7 Å². The van der Waals surface area contributed by atoms with Crippen molar-refractivity contribution in [1.82, 2.24) is 9.80 Å². The SMILES string of the molecule is Cc1c(N2CCN(C)CC2)ccc2c3c(c(=O)oc12)CN(C(=O)c1ccc(NS(C)(=O)=O)c(Cl)c1)CC3. The van der Waals surface area contributed by atoms with Gasteiger partial charge in [0.1, 0.15) is 5.58 Å². The van der Waals surface area contributed by atoms with Crippen molar-refractivity contribution in [3.63, 3.8) is 0 Å². The van der Waals surface area contributed by atoms with Gasteiger partial charge in [0.05, 0.1) is 29.1 Å². The third-order valence-electron chi connectivity index (χ3n) is 7.13. The van der Waals surface area contributed by atoms with E-state index in [4.69, 9.17) is 16.0 Å². The number of halogens is 1. The van der Waals surface area contributed by atoms with Gasteiger partial charge < -0.3 is 19.1 Å². The van der Waals surface area contributed by atoms with E-state index in [0.717, 1.165) is 54.6 Å². The van der Waals surface area contributed by atoms with Crippen LogP contribution >= 0.6 is 11.6 Å². The molecule has 0 bridgehead atoms. The van der Waals surface area contributed by atoms with Crippen LogP contribution < -0.4 is 15.2 Å². The van der Waals surface area contributed by atoms with E-state index in [9.17, 15) is 18.0 Å². The molecular weight excluding hydrogens is 516 g/mol. The van der Waals surface area contributed by atoms with Crippen LogP contribution in [0.3, 0.4) is 0 Å². The number of aryl methyl sites for hydroxylation is 1. The number of nitrogens with zero attached hydrogens (tertiary/aromatic N) is 3. The predicted molar refractivity (Wildman–Crippen MR) is 145 cm³/mol. The number of fused-ring (bicyclic) bond motifs is 3. The van der Waals surface area contributed by atoms with Crippen LogP contribution in [-0.4, -0.2) is 70.2 Å². The molecule has 37 heavy (non-hydrogen) atoms. The van der Waals surface area contributed by atoms with Gasteiger partial charge in [-0.15, -0.1) is 0 Å². The van der Waals surface area contributed by atoms with E-state index < -0.39 is 15.6 Å². The lowest BCUT2D eigenvalue weighted by Gasteiger charge is -2.35. The normalized spacial score (nSPS) is 16.6. The van der Waals surface area contributed by atoms with Gasteiger partial charge >= 0.3 is 5.63 Å². The van der Waals surface area contributed by atoms with Crippen LogP contribution in [0.25, 0.3) is 11.0 Å². The van der Waals surface area contributed by atoms with Gasteiger partial charge in [-0.2, -0.15) is 0 Å². The molecule has 2 aliphatic rings. The molecular formula is C26H29ClN4O5S. The Kier molecular flexibility index (Phi) is 6.68. The van der Waals surface area contributed by atoms with Gasteiger partial charge in [-0.05, 0) is 56.3 Å². The fourth-order valence-corrected chi connectivity index (χ4v) is 5.99. The average Bonchev–Trinajstić information content (AvgIpc) is 2.85. The lowest BCUT2D eigenvalue weighted by atomic mass is 9.95. The maximum absolute atomic E-state index is 13.2. The van der Waals surface area contributed by atoms with E-state index >= 15 is 0 Å². The summed E-state index contributed by atoms with van der Waals surface area (Å²) in [6.45, 7) is 6.37. The zero-order valence-electron chi connectivity index (χ0n) is 21.0. The molecule has 1 amide bonds. The highest BCUT2D eigenvalue weighted by Crippen LogP contribution is 2.33. The minimum absolute atomic E-state index is 0.117. The van der Waals surface area contributed by atoms with Gasteiger partial charge in [0.25, 0.3) is 5.91 Å². The highest BCUT2D eigenvalue weighted by Gasteiger charge is 2.28. The van der Waals surface area contributed by atoms with E-state index in [1.165, 1.54) is 18.2 Å². The molecule has 1 N–H and O–H groups in total. The summed E-state index contributed by atoms with van der Waals surface area (Å²) >= 11 is 6.21. The van der Waals surface area contributed by atoms with Crippen LogP contribution in [0.4, 0.5) is 11.4 Å². The van der Waals surface area contributed by atoms with Crippen molar-refractivity contribution in [3.8, 4) is 0 Å². The number of piperazine rings is 1. The summed E-state index contributed by atoms with van der Waals surface area (Å²) in [7, 11) is -1.39. The molecule has 0 saturated carbocycles. The summed E-state index contributed by atoms with van der Waals surface area (Å²) in [4.78, 5) is 32.5. The van der Waals surface area contributed by atoms with Crippen molar-refractivity contribution in [2.24, 2.45) is 0 Å². The van der Waals surface area contributed by atoms with Gasteiger partial charge in [0.2, 0.25) is 10.0 Å². The van der Waals surface area contributed by atoms with Crippen LogP contribution in [-0.2, 0) is 23.0 Å². The zero-order chi connectivity index (χ0) is 26.5. The van der Waals surface area contributed by atoms with Crippen LogP contribution in [0.15, 0.2) is 39.5 Å². The second kappa shape index (κ2) is 9.66. The monoisotopic (exact) mass is 544 g/mol. The smallest absolute Gasteiger partial charge is 0.341 e. The van der Waals surface area contributed by atoms with Crippen molar-refractivity contribution in [2.75, 3.05) is 55.6 Å². The number of amides is 1. The van der Waals surface area contributed by atoms with Gasteiger partial charge in [0, 0.05) is 54.9 Å². The number of nitrogens with one attached hydrogen (secondary N) is 1. The summed E-state index contributed by atoms with van der Waals surface area (Å²) in [5, 5.41) is 1.03. The molecule has 0 radical (unpaired) electrons. The molecule has 0 atom stereocenters. The van der Waals surface area contributed by atoms with E-state index in [1.807, 2.05) is 13.0 Å². The molecule has 0 unspecified atom stereocenters. The van der Waals surface area contributed by atoms with Gasteiger partial charge in [-0.3, -0.25) is 9.52 Å². The first-order chi connectivity index (χ1) is 17.5. The molecule has 9 nitrogen and oxygen atoms in total. The number of hydrogen-bond donors (Lipinski definition) is 1. The van der Waals surface area contributed by atoms with Crippen LogP contribution in [0.1, 0.15) is 27.0 Å². The largest absolute Gasteiger partial charge is 0.422 e. The summed E-state index contributed by atoms with van der Waals surface area (Å²) in [5.41, 5.74) is 4.15. The number of rotatable bonds is 4. The minimum atomic E-state index is -3.50. The lowest BCUT2D eigenvalue weighted by Crippen LogP contribution is -2.44. The van der Waals surface area contributed by atoms with Crippen LogP contribution in [0.2, 0.25) is 5.02 Å². The fourth-order valence-electron chi connectivity index (χ4n) is 5.13. The summed E-state index contributed by atoms with van der Waals surface area (Å²) in [6.07, 6.45) is 1.55. The Morgan fingerprint density at radius 1 is 1.05 bits per heavy atom. The Morgan fingerprint density at radius 2 is 1.78 bits per heavy atom. The standard InChI is InChI=1S/C26H29ClN4O5S/c1-16-23(30-12-10-29(2)11-13-30)7-5-19-18-8-9-31(15-20(18)26(33)36-24(16)19)25(32)17-4-6-22(21(27)14-17)28-37(3,34)35/h4-7,14,28H,8-13,15H2,1-3H3. The third-order valence-corrected chi connectivity index (χ3v) is 8.03. The van der Waals surface area contributed by atoms with Gasteiger partial charge in [-0.1, -0.05) is 11.6 Å². The third kappa shape index (κ3) is 5.05. The summed E-state index contributed by atoms with van der Waals surface area (Å²) in [5.74, 6) is -0.292. The van der Waals surface area contributed by atoms with Gasteiger partial charge in [-0.25, -0.2) is 13.2 Å². The molecule has 1 aromatic heterocycles. The van der Waals surface area contributed by atoms with Crippen molar-refractivity contribution in [3.05, 3.63) is 68.0 Å². The topological polar surface area (TPSA) is 103 Å². The summed E-state index contributed by atoms with van der Waals surface area (Å²) < 4.78 is 31.2. The molecule has 0 spiro atoms. The van der Waals surface area contributed by atoms with E-state index in [2.05, 4.69) is 27.6 Å². The number of benzene rings is 2. The Bertz CT molecular complexity index is 1560. The number of carbonyl (C=O) groups is 1. The first-order valence-corrected chi connectivity index (χ1v) is 14.4. The Balaban J connectivity index is 1.42. The number of hydrogen-bond acceptors (Lipinski definition) is 7. The maximum atomic E-state index is 13.2. The van der Waals surface area contributed by atoms with Crippen molar-refractivity contribution < 1.29 is 17.6 Å². The molecule has 196 valence electrons. The van der Waals surface area contributed by atoms with Crippen molar-refractivity contribution >= 4 is 49.9 Å². The highest BCUT2D eigenvalue weighted by molar-refractivity contribution is 7.92. The number of sulfonamides is 1. The molecule has 11 heteroatoms. The minimum Gasteiger partial charge on any atom is -0.422 e. The van der Waals surface area contributed by atoms with E-state index in [-0.39, 0.29) is 23.2 Å². The van der Waals surface area contributed by atoms with Gasteiger partial charge in [0.15, 0.2) is 0 Å². The Labute approximate surface area is 220 Å². The number of anilines is 2. The van der Waals surface area contributed by atoms with Crippen molar-refractivity contribution in [1.29, 1.82) is 0 Å². The molecule has 1 saturated heterocycles. The second-order valence-corrected chi connectivity index (χ2v) is 11.9. The molecule has 2 aromatic carbocycles. The average molecular weight is 545 g/mol. The molecule has 0 aliphatic carbocycles. The second-order valence-electron chi connectivity index (χ2n) is 9.77. The number of likely N-dealkylation sites (N-methyl/N-ethyl adjacent to an activating group) is 1. The first kappa shape index (κ1) is 25.6. The fraction of sp³-hybridized carbons (Fsp3) is 0.385. The van der Waals surface area contributed by atoms with E-state index in [1.54, 1.807) is 4.90 Å². The zero-order valence-corrected chi connectivity index (χ0v) is 22.6. The molecule has 2 aliphatic heterocycles. The maximum Gasteiger partial charge on any atom is 0.341 e. The molecule has 1 fully saturated rings. The first-order valence-electron chi connectivity index (χ1n) is 12.1. The molecule has 5 rings (SSSR count). The quantitative estimate of drug-likeness (QED) is 0.503. The lowest BCUT2D eigenvalue weighted by molar-refractivity contribution is 0.0733. The summed E-state index contributed by atoms with van der Waals surface area (Å²) in [6, 6.07) is 8.54. The molecule has 3 heterocycles. The Hall–Kier alpha value is -3.08. The Morgan fingerprint density at radius 3 is 2.46 bits per heavy atom. The van der Waals surface area contributed by atoms with Crippen molar-refractivity contribution in [2.45, 2.75) is 19.9 Å². The highest BCUT2D eigenvalue weighted by atomic mass is 35.5. The molecule has 3 aromatic rings. The van der Waals surface area contributed by atoms with Crippen LogP contribution in [0.5, 0.6) is 0 Å². The predicted octanol–water partition coefficient (Wildman–Crippen LogP) is 3.08. The number of carbonyl (C=O) groups excluding carboxylic acids is 1. The van der Waals surface area contributed by atoms with Crippen LogP contribution in [0, 0.1) is 6.92 Å².